The van der Waals surface area contributed by atoms with E-state index in [4.69, 9.17) is 0 Å². The Labute approximate surface area is 123 Å². The summed E-state index contributed by atoms with van der Waals surface area (Å²) in [5.74, 6) is 0.889. The fourth-order valence-corrected chi connectivity index (χ4v) is 3.50. The van der Waals surface area contributed by atoms with Gasteiger partial charge in [0.2, 0.25) is 10.0 Å². The van der Waals surface area contributed by atoms with Crippen molar-refractivity contribution in [2.75, 3.05) is 24.2 Å². The van der Waals surface area contributed by atoms with E-state index in [1.165, 1.54) is 6.26 Å². The Bertz CT molecular complexity index is 736. The van der Waals surface area contributed by atoms with Crippen LogP contribution in [0, 0.1) is 0 Å². The largest absolute Gasteiger partial charge is 0.356 e. The maximum absolute atomic E-state index is 11.3. The van der Waals surface area contributed by atoms with Gasteiger partial charge in [0.25, 0.3) is 0 Å². The highest BCUT2D eigenvalue weighted by Gasteiger charge is 2.23. The van der Waals surface area contributed by atoms with Gasteiger partial charge in [0.15, 0.2) is 0 Å². The minimum atomic E-state index is -3.14. The van der Waals surface area contributed by atoms with Crippen LogP contribution in [-0.2, 0) is 10.0 Å². The number of pyridine rings is 1. The SMILES string of the molecule is CS(=O)(=O)NC1CCN(c2ncnc3cnccc23)CC1. The number of anilines is 1. The van der Waals surface area contributed by atoms with Crippen LogP contribution in [0.1, 0.15) is 12.8 Å². The van der Waals surface area contributed by atoms with Crippen molar-refractivity contribution in [3.05, 3.63) is 24.8 Å². The zero-order valence-corrected chi connectivity index (χ0v) is 12.5. The Morgan fingerprint density at radius 3 is 2.76 bits per heavy atom. The molecule has 1 saturated heterocycles. The van der Waals surface area contributed by atoms with Crippen molar-refractivity contribution >= 4 is 26.7 Å². The van der Waals surface area contributed by atoms with Gasteiger partial charge in [0.1, 0.15) is 12.1 Å². The molecule has 2 aromatic heterocycles. The fourth-order valence-electron chi connectivity index (χ4n) is 2.66. The van der Waals surface area contributed by atoms with Crippen LogP contribution < -0.4 is 9.62 Å². The average Bonchev–Trinajstić information content (AvgIpc) is 2.46. The summed E-state index contributed by atoms with van der Waals surface area (Å²) in [5, 5.41) is 0.974. The molecule has 1 aliphatic heterocycles. The molecule has 1 fully saturated rings. The Kier molecular flexibility index (Phi) is 3.73. The van der Waals surface area contributed by atoms with Gasteiger partial charge in [-0.1, -0.05) is 0 Å². The van der Waals surface area contributed by atoms with Gasteiger partial charge in [-0.3, -0.25) is 4.98 Å². The topological polar surface area (TPSA) is 88.1 Å². The minimum absolute atomic E-state index is 0.00557. The highest BCUT2D eigenvalue weighted by Crippen LogP contribution is 2.24. The molecular formula is C13H17N5O2S. The summed E-state index contributed by atoms with van der Waals surface area (Å²) < 4.78 is 25.2. The smallest absolute Gasteiger partial charge is 0.208 e. The van der Waals surface area contributed by atoms with Crippen LogP contribution in [-0.4, -0.2) is 48.8 Å². The third kappa shape index (κ3) is 3.27. The molecule has 0 spiro atoms. The number of aromatic nitrogens is 3. The number of nitrogens with one attached hydrogen (secondary N) is 1. The van der Waals surface area contributed by atoms with E-state index < -0.39 is 10.0 Å². The molecule has 112 valence electrons. The molecule has 0 aliphatic carbocycles. The van der Waals surface area contributed by atoms with E-state index in [2.05, 4.69) is 24.6 Å². The summed E-state index contributed by atoms with van der Waals surface area (Å²) >= 11 is 0. The lowest BCUT2D eigenvalue weighted by molar-refractivity contribution is 0.460. The zero-order valence-electron chi connectivity index (χ0n) is 11.7. The van der Waals surface area contributed by atoms with Crippen LogP contribution in [0.4, 0.5) is 5.82 Å². The number of hydrogen-bond acceptors (Lipinski definition) is 6. The Hall–Kier alpha value is -1.80. The van der Waals surface area contributed by atoms with Crippen LogP contribution in [0.25, 0.3) is 10.9 Å². The molecule has 0 radical (unpaired) electrons. The highest BCUT2D eigenvalue weighted by molar-refractivity contribution is 7.88. The van der Waals surface area contributed by atoms with E-state index >= 15 is 0 Å². The molecule has 1 aliphatic rings. The lowest BCUT2D eigenvalue weighted by atomic mass is 10.1. The first-order valence-corrected chi connectivity index (χ1v) is 8.69. The number of hydrogen-bond donors (Lipinski definition) is 1. The van der Waals surface area contributed by atoms with Crippen molar-refractivity contribution in [3.63, 3.8) is 0 Å². The minimum Gasteiger partial charge on any atom is -0.356 e. The van der Waals surface area contributed by atoms with Crippen LogP contribution in [0.5, 0.6) is 0 Å². The van der Waals surface area contributed by atoms with Gasteiger partial charge < -0.3 is 4.90 Å². The fraction of sp³-hybridized carbons (Fsp3) is 0.462. The van der Waals surface area contributed by atoms with Gasteiger partial charge in [0, 0.05) is 30.7 Å². The molecule has 0 amide bonds. The maximum Gasteiger partial charge on any atom is 0.208 e. The Morgan fingerprint density at radius 2 is 2.05 bits per heavy atom. The third-order valence-corrected chi connectivity index (χ3v) is 4.35. The van der Waals surface area contributed by atoms with Crippen molar-refractivity contribution in [2.45, 2.75) is 18.9 Å². The first-order valence-electron chi connectivity index (χ1n) is 6.80. The second-order valence-electron chi connectivity index (χ2n) is 5.24. The first-order chi connectivity index (χ1) is 10.0. The summed E-state index contributed by atoms with van der Waals surface area (Å²) in [7, 11) is -3.14. The second kappa shape index (κ2) is 5.53. The average molecular weight is 307 g/mol. The van der Waals surface area contributed by atoms with Gasteiger partial charge in [-0.2, -0.15) is 0 Å². The van der Waals surface area contributed by atoms with E-state index in [1.807, 2.05) is 6.07 Å². The lowest BCUT2D eigenvalue weighted by Gasteiger charge is -2.33. The summed E-state index contributed by atoms with van der Waals surface area (Å²) in [4.78, 5) is 14.8. The Morgan fingerprint density at radius 1 is 1.29 bits per heavy atom. The molecule has 3 heterocycles. The van der Waals surface area contributed by atoms with Crippen molar-refractivity contribution in [1.29, 1.82) is 0 Å². The zero-order chi connectivity index (χ0) is 14.9. The second-order valence-corrected chi connectivity index (χ2v) is 7.02. The van der Waals surface area contributed by atoms with Crippen molar-refractivity contribution in [3.8, 4) is 0 Å². The predicted octanol–water partition coefficient (Wildman–Crippen LogP) is 0.543. The van der Waals surface area contributed by atoms with Crippen LogP contribution >= 0.6 is 0 Å². The van der Waals surface area contributed by atoms with Crippen molar-refractivity contribution in [2.24, 2.45) is 0 Å². The quantitative estimate of drug-likeness (QED) is 0.890. The van der Waals surface area contributed by atoms with E-state index in [0.717, 1.165) is 42.7 Å². The monoisotopic (exact) mass is 307 g/mol. The normalized spacial score (nSPS) is 17.3. The van der Waals surface area contributed by atoms with Gasteiger partial charge in [0.05, 0.1) is 18.0 Å². The summed E-state index contributed by atoms with van der Waals surface area (Å²) in [6.07, 6.45) is 7.73. The molecule has 0 bridgehead atoms. The maximum atomic E-state index is 11.3. The molecule has 0 unspecified atom stereocenters. The molecule has 21 heavy (non-hydrogen) atoms. The number of rotatable bonds is 3. The summed E-state index contributed by atoms with van der Waals surface area (Å²) in [6.45, 7) is 1.53. The number of piperidine rings is 1. The molecule has 1 N–H and O–H groups in total. The van der Waals surface area contributed by atoms with Crippen LogP contribution in [0.15, 0.2) is 24.8 Å². The molecule has 7 nitrogen and oxygen atoms in total. The van der Waals surface area contributed by atoms with Gasteiger partial charge in [-0.25, -0.2) is 23.1 Å². The standard InChI is InChI=1S/C13H17N5O2S/c1-21(19,20)17-10-3-6-18(7-4-10)13-11-2-5-14-8-12(11)15-9-16-13/h2,5,8-10,17H,3-4,6-7H2,1H3. The van der Waals surface area contributed by atoms with Crippen molar-refractivity contribution in [1.82, 2.24) is 19.7 Å². The van der Waals surface area contributed by atoms with E-state index in [-0.39, 0.29) is 6.04 Å². The van der Waals surface area contributed by atoms with E-state index in [0.29, 0.717) is 0 Å². The van der Waals surface area contributed by atoms with Gasteiger partial charge in [-0.15, -0.1) is 0 Å². The molecule has 2 aromatic rings. The molecule has 0 aromatic carbocycles. The third-order valence-electron chi connectivity index (χ3n) is 3.59. The van der Waals surface area contributed by atoms with Crippen LogP contribution in [0.2, 0.25) is 0 Å². The molecular weight excluding hydrogens is 290 g/mol. The number of sulfonamides is 1. The van der Waals surface area contributed by atoms with Gasteiger partial charge in [-0.05, 0) is 18.9 Å². The number of nitrogens with zero attached hydrogens (tertiary/aromatic N) is 4. The summed E-state index contributed by atoms with van der Waals surface area (Å²) in [5.41, 5.74) is 0.818. The summed E-state index contributed by atoms with van der Waals surface area (Å²) in [6, 6.07) is 1.91. The molecule has 0 saturated carbocycles. The predicted molar refractivity (Wildman–Crippen MR) is 80.5 cm³/mol. The van der Waals surface area contributed by atoms with Crippen molar-refractivity contribution < 1.29 is 8.42 Å². The Balaban J connectivity index is 1.77. The molecule has 8 heteroatoms. The van der Waals surface area contributed by atoms with E-state index in [1.54, 1.807) is 18.7 Å². The lowest BCUT2D eigenvalue weighted by Crippen LogP contribution is -2.44. The molecule has 3 rings (SSSR count). The van der Waals surface area contributed by atoms with Crippen LogP contribution in [0.3, 0.4) is 0 Å². The number of fused-ring (bicyclic) bond motifs is 1. The first kappa shape index (κ1) is 14.2. The molecule has 0 atom stereocenters. The highest BCUT2D eigenvalue weighted by atomic mass is 32.2. The van der Waals surface area contributed by atoms with E-state index in [9.17, 15) is 8.42 Å². The van der Waals surface area contributed by atoms with Gasteiger partial charge >= 0.3 is 0 Å².